The number of aromatic nitrogens is 1. The maximum atomic E-state index is 12.2. The molecule has 3 heterocycles. The second-order valence-corrected chi connectivity index (χ2v) is 9.47. The number of hydrogen-bond acceptors (Lipinski definition) is 7. The van der Waals surface area contributed by atoms with Crippen molar-refractivity contribution in [2.45, 2.75) is 69.9 Å². The molecule has 3 aliphatic rings. The van der Waals surface area contributed by atoms with Crippen LogP contribution in [0.2, 0.25) is 0 Å². The first-order valence-electron chi connectivity index (χ1n) is 12.1. The number of H-pyrrole nitrogens is 1. The summed E-state index contributed by atoms with van der Waals surface area (Å²) in [5.41, 5.74) is 1.48. The maximum Gasteiger partial charge on any atom is 0.421 e. The van der Waals surface area contributed by atoms with Gasteiger partial charge in [-0.05, 0) is 68.6 Å². The van der Waals surface area contributed by atoms with Crippen LogP contribution in [0.4, 0.5) is 0 Å². The van der Waals surface area contributed by atoms with E-state index in [1.54, 1.807) is 23.2 Å². The van der Waals surface area contributed by atoms with E-state index < -0.39 is 17.8 Å². The Kier molecular flexibility index (Phi) is 6.41. The molecular formula is C26H30N2O6. The number of nitrogens with zero attached hydrogens (tertiary/aromatic N) is 1. The predicted octanol–water partition coefficient (Wildman–Crippen LogP) is 3.29. The van der Waals surface area contributed by atoms with Crippen LogP contribution in [0.15, 0.2) is 47.4 Å². The summed E-state index contributed by atoms with van der Waals surface area (Å²) >= 11 is 0. The predicted molar refractivity (Wildman–Crippen MR) is 123 cm³/mol. The number of pyridine rings is 1. The van der Waals surface area contributed by atoms with Gasteiger partial charge in [0.1, 0.15) is 5.75 Å². The molecule has 1 N–H and O–H groups in total. The molecule has 1 aromatic carbocycles. The Morgan fingerprint density at radius 3 is 2.47 bits per heavy atom. The summed E-state index contributed by atoms with van der Waals surface area (Å²) in [7, 11) is 0. The molecule has 180 valence electrons. The van der Waals surface area contributed by atoms with Crippen molar-refractivity contribution in [2.75, 3.05) is 6.54 Å². The molecule has 1 aromatic heterocycles. The van der Waals surface area contributed by atoms with Gasteiger partial charge < -0.3 is 19.2 Å². The van der Waals surface area contributed by atoms with E-state index in [1.165, 1.54) is 18.4 Å². The molecule has 5 rings (SSSR count). The molecule has 1 saturated carbocycles. The lowest BCUT2D eigenvalue weighted by Crippen LogP contribution is -2.55. The Morgan fingerprint density at radius 2 is 1.71 bits per heavy atom. The van der Waals surface area contributed by atoms with Crippen LogP contribution in [-0.2, 0) is 32.0 Å². The number of piperidine rings is 1. The molecule has 34 heavy (non-hydrogen) atoms. The van der Waals surface area contributed by atoms with Gasteiger partial charge in [-0.2, -0.15) is 0 Å². The number of benzene rings is 1. The number of para-hydroxylation sites is 1. The van der Waals surface area contributed by atoms with Crippen LogP contribution < -0.4 is 10.3 Å². The van der Waals surface area contributed by atoms with Gasteiger partial charge in [0.15, 0.2) is 0 Å². The molecule has 0 amide bonds. The summed E-state index contributed by atoms with van der Waals surface area (Å²) in [5.74, 6) is -2.29. The lowest BCUT2D eigenvalue weighted by Gasteiger charge is -2.43. The number of likely N-dealkylation sites (tertiary alicyclic amines) is 1. The molecular weight excluding hydrogens is 436 g/mol. The summed E-state index contributed by atoms with van der Waals surface area (Å²) in [5, 5.41) is 0. The smallest absolute Gasteiger partial charge is 0.421 e. The second kappa shape index (κ2) is 9.62. The molecule has 1 spiro atoms. The largest absolute Gasteiger partial charge is 0.490 e. The van der Waals surface area contributed by atoms with E-state index in [9.17, 15) is 14.4 Å². The summed E-state index contributed by atoms with van der Waals surface area (Å²) < 4.78 is 17.3. The Balaban J connectivity index is 1.28. The molecule has 3 fully saturated rings. The third-order valence-corrected chi connectivity index (χ3v) is 7.16. The van der Waals surface area contributed by atoms with Crippen molar-refractivity contribution in [1.82, 2.24) is 9.88 Å². The van der Waals surface area contributed by atoms with Crippen molar-refractivity contribution < 1.29 is 23.8 Å². The van der Waals surface area contributed by atoms with Gasteiger partial charge in [-0.15, -0.1) is 0 Å². The standard InChI is InChI=1S/C26H30N2O6/c29-23-20(7-5-14-27-23)17-28-15-13-18(16-26(28)33-24(30)25(31)34-26)11-12-19-6-1-4-10-22(19)32-21-8-2-3-9-21/h1,4-7,10,14,18,21H,2-3,8-9,11-13,15-17H2,(H,27,29). The lowest BCUT2D eigenvalue weighted by molar-refractivity contribution is -0.274. The molecule has 0 bridgehead atoms. The lowest BCUT2D eigenvalue weighted by atomic mass is 9.88. The third-order valence-electron chi connectivity index (χ3n) is 7.16. The number of carbonyl (C=O) groups excluding carboxylic acids is 2. The second-order valence-electron chi connectivity index (χ2n) is 9.47. The first-order chi connectivity index (χ1) is 16.5. The highest BCUT2D eigenvalue weighted by Gasteiger charge is 2.55. The number of aryl methyl sites for hydroxylation is 1. The van der Waals surface area contributed by atoms with Crippen molar-refractivity contribution in [1.29, 1.82) is 0 Å². The van der Waals surface area contributed by atoms with E-state index in [0.29, 0.717) is 24.6 Å². The Labute approximate surface area is 198 Å². The minimum atomic E-state index is -1.46. The highest BCUT2D eigenvalue weighted by Crippen LogP contribution is 2.40. The van der Waals surface area contributed by atoms with E-state index in [-0.39, 0.29) is 18.0 Å². The van der Waals surface area contributed by atoms with Crippen LogP contribution >= 0.6 is 0 Å². The number of aromatic amines is 1. The van der Waals surface area contributed by atoms with Gasteiger partial charge in [-0.25, -0.2) is 14.5 Å². The number of ether oxygens (including phenoxy) is 3. The molecule has 2 aromatic rings. The number of rotatable bonds is 7. The molecule has 1 aliphatic carbocycles. The molecule has 8 heteroatoms. The van der Waals surface area contributed by atoms with Crippen molar-refractivity contribution >= 4 is 11.9 Å². The molecule has 8 nitrogen and oxygen atoms in total. The minimum Gasteiger partial charge on any atom is -0.490 e. The summed E-state index contributed by atoms with van der Waals surface area (Å²) in [6.45, 7) is 0.765. The van der Waals surface area contributed by atoms with Gasteiger partial charge in [0, 0.05) is 31.3 Å². The SMILES string of the molecule is O=C1OC2(CC(CCc3ccccc3OC3CCCC3)CCN2Cc2ccc[nH]c2=O)OC1=O. The molecule has 2 saturated heterocycles. The summed E-state index contributed by atoms with van der Waals surface area (Å²) in [6, 6.07) is 11.6. The van der Waals surface area contributed by atoms with Gasteiger partial charge in [-0.3, -0.25) is 4.79 Å². The molecule has 1 unspecified atom stereocenters. The van der Waals surface area contributed by atoms with Crippen LogP contribution in [0.3, 0.4) is 0 Å². The van der Waals surface area contributed by atoms with E-state index in [2.05, 4.69) is 11.1 Å². The fourth-order valence-corrected chi connectivity index (χ4v) is 5.31. The van der Waals surface area contributed by atoms with Crippen molar-refractivity contribution in [3.63, 3.8) is 0 Å². The quantitative estimate of drug-likeness (QED) is 0.494. The van der Waals surface area contributed by atoms with Gasteiger partial charge in [-0.1, -0.05) is 24.3 Å². The van der Waals surface area contributed by atoms with Gasteiger partial charge in [0.25, 0.3) is 5.56 Å². The van der Waals surface area contributed by atoms with E-state index >= 15 is 0 Å². The number of nitrogens with one attached hydrogen (secondary N) is 1. The first-order valence-corrected chi connectivity index (χ1v) is 12.1. The Morgan fingerprint density at radius 1 is 0.971 bits per heavy atom. The molecule has 0 radical (unpaired) electrons. The summed E-state index contributed by atoms with van der Waals surface area (Å²) in [6.07, 6.45) is 9.41. The van der Waals surface area contributed by atoms with Crippen LogP contribution in [0.25, 0.3) is 0 Å². The first kappa shape index (κ1) is 22.7. The van der Waals surface area contributed by atoms with Crippen molar-refractivity contribution in [3.8, 4) is 5.75 Å². The fraction of sp³-hybridized carbons (Fsp3) is 0.500. The van der Waals surface area contributed by atoms with Crippen molar-refractivity contribution in [3.05, 3.63) is 64.1 Å². The normalized spacial score (nSPS) is 22.6. The van der Waals surface area contributed by atoms with E-state index in [4.69, 9.17) is 14.2 Å². The van der Waals surface area contributed by atoms with Crippen LogP contribution in [-0.4, -0.2) is 40.4 Å². The van der Waals surface area contributed by atoms with Gasteiger partial charge in [0.2, 0.25) is 0 Å². The van der Waals surface area contributed by atoms with Crippen molar-refractivity contribution in [2.24, 2.45) is 5.92 Å². The third kappa shape index (κ3) is 4.73. The number of hydrogen-bond donors (Lipinski definition) is 1. The zero-order valence-electron chi connectivity index (χ0n) is 19.2. The fourth-order valence-electron chi connectivity index (χ4n) is 5.31. The van der Waals surface area contributed by atoms with Crippen LogP contribution in [0, 0.1) is 5.92 Å². The average Bonchev–Trinajstić information content (AvgIpc) is 3.44. The number of esters is 2. The Hall–Kier alpha value is -3.13. The van der Waals surface area contributed by atoms with Gasteiger partial charge >= 0.3 is 17.8 Å². The van der Waals surface area contributed by atoms with E-state index in [1.807, 2.05) is 18.2 Å². The maximum absolute atomic E-state index is 12.2. The van der Waals surface area contributed by atoms with Crippen LogP contribution in [0.1, 0.15) is 56.1 Å². The molecule has 1 atom stereocenters. The zero-order valence-corrected chi connectivity index (χ0v) is 19.2. The monoisotopic (exact) mass is 466 g/mol. The Bertz CT molecular complexity index is 1090. The minimum absolute atomic E-state index is 0.184. The van der Waals surface area contributed by atoms with Gasteiger partial charge in [0.05, 0.1) is 6.10 Å². The molecule has 2 aliphatic heterocycles. The summed E-state index contributed by atoms with van der Waals surface area (Å²) in [4.78, 5) is 40.6. The average molecular weight is 467 g/mol. The number of carbonyl (C=O) groups is 2. The van der Waals surface area contributed by atoms with E-state index in [0.717, 1.165) is 37.9 Å². The highest BCUT2D eigenvalue weighted by atomic mass is 16.8. The van der Waals surface area contributed by atoms with Crippen LogP contribution in [0.5, 0.6) is 5.75 Å². The zero-order chi connectivity index (χ0) is 23.5. The topological polar surface area (TPSA) is 97.9 Å². The highest BCUT2D eigenvalue weighted by molar-refractivity contribution is 6.31.